The number of benzene rings is 1. The van der Waals surface area contributed by atoms with Gasteiger partial charge in [-0.15, -0.1) is 5.10 Å². The Morgan fingerprint density at radius 2 is 1.92 bits per heavy atom. The third kappa shape index (κ3) is 3.12. The number of aromatic nitrogens is 3. The molecule has 0 saturated carbocycles. The zero-order chi connectivity index (χ0) is 16.4. The van der Waals surface area contributed by atoms with Gasteiger partial charge in [0.25, 0.3) is 5.56 Å². The molecule has 4 rings (SSSR count). The number of hydrogen-bond acceptors (Lipinski definition) is 6. The van der Waals surface area contributed by atoms with Gasteiger partial charge in [0.2, 0.25) is 10.1 Å². The number of nitrogens with zero attached hydrogens (tertiary/aromatic N) is 4. The molecule has 2 aromatic heterocycles. The number of rotatable bonds is 3. The minimum Gasteiger partial charge on any atom is -0.371 e. The molecule has 24 heavy (non-hydrogen) atoms. The predicted octanol–water partition coefficient (Wildman–Crippen LogP) is 3.28. The van der Waals surface area contributed by atoms with Gasteiger partial charge in [-0.3, -0.25) is 4.79 Å². The van der Waals surface area contributed by atoms with Crippen molar-refractivity contribution in [1.82, 2.24) is 14.6 Å². The third-order valence-corrected chi connectivity index (χ3v) is 5.08. The zero-order valence-electron chi connectivity index (χ0n) is 13.3. The van der Waals surface area contributed by atoms with Crippen LogP contribution < -0.4 is 15.8 Å². The summed E-state index contributed by atoms with van der Waals surface area (Å²) in [6.07, 6.45) is 6.66. The van der Waals surface area contributed by atoms with E-state index in [1.807, 2.05) is 6.07 Å². The van der Waals surface area contributed by atoms with Crippen LogP contribution in [-0.2, 0) is 0 Å². The van der Waals surface area contributed by atoms with Gasteiger partial charge in [0.15, 0.2) is 0 Å². The van der Waals surface area contributed by atoms with Crippen molar-refractivity contribution >= 4 is 32.8 Å². The smallest absolute Gasteiger partial charge is 0.275 e. The lowest BCUT2D eigenvalue weighted by atomic mass is 10.2. The molecule has 0 aliphatic carbocycles. The first kappa shape index (κ1) is 15.1. The van der Waals surface area contributed by atoms with Gasteiger partial charge in [0.05, 0.1) is 0 Å². The first-order valence-corrected chi connectivity index (χ1v) is 9.08. The summed E-state index contributed by atoms with van der Waals surface area (Å²) in [5.74, 6) is 0. The maximum absolute atomic E-state index is 11.8. The van der Waals surface area contributed by atoms with E-state index in [9.17, 15) is 4.79 Å². The normalized spacial score (nSPS) is 15.4. The highest BCUT2D eigenvalue weighted by Gasteiger charge is 2.11. The van der Waals surface area contributed by atoms with E-state index in [0.29, 0.717) is 10.1 Å². The molecule has 3 heterocycles. The van der Waals surface area contributed by atoms with Crippen LogP contribution in [-0.4, -0.2) is 27.7 Å². The van der Waals surface area contributed by atoms with Crippen molar-refractivity contribution < 1.29 is 0 Å². The Labute approximate surface area is 143 Å². The maximum Gasteiger partial charge on any atom is 0.275 e. The first-order valence-electron chi connectivity index (χ1n) is 8.26. The lowest BCUT2D eigenvalue weighted by molar-refractivity contribution is 0.726. The Bertz CT molecular complexity index is 895. The molecule has 0 amide bonds. The number of nitrogens with one attached hydrogen (secondary N) is 1. The summed E-state index contributed by atoms with van der Waals surface area (Å²) >= 11 is 1.37. The monoisotopic (exact) mass is 341 g/mol. The van der Waals surface area contributed by atoms with E-state index < -0.39 is 0 Å². The van der Waals surface area contributed by atoms with Gasteiger partial charge in [-0.1, -0.05) is 30.2 Å². The molecule has 0 spiro atoms. The molecular formula is C17H19N5OS. The fourth-order valence-electron chi connectivity index (χ4n) is 3.03. The van der Waals surface area contributed by atoms with E-state index in [1.54, 1.807) is 0 Å². The quantitative estimate of drug-likeness (QED) is 0.792. The zero-order valence-corrected chi connectivity index (χ0v) is 14.1. The van der Waals surface area contributed by atoms with E-state index in [0.717, 1.165) is 18.8 Å². The second-order valence-corrected chi connectivity index (χ2v) is 6.92. The van der Waals surface area contributed by atoms with E-state index in [1.165, 1.54) is 59.5 Å². The van der Waals surface area contributed by atoms with Crippen LogP contribution in [0.2, 0.25) is 0 Å². The van der Waals surface area contributed by atoms with E-state index >= 15 is 0 Å². The minimum absolute atomic E-state index is 0.164. The summed E-state index contributed by atoms with van der Waals surface area (Å²) in [6.45, 7) is 2.23. The lowest BCUT2D eigenvalue weighted by Crippen LogP contribution is -2.23. The van der Waals surface area contributed by atoms with Crippen molar-refractivity contribution in [2.75, 3.05) is 23.3 Å². The summed E-state index contributed by atoms with van der Waals surface area (Å²) in [4.78, 5) is 19.0. The second-order valence-electron chi connectivity index (χ2n) is 5.96. The highest BCUT2D eigenvalue weighted by atomic mass is 32.1. The van der Waals surface area contributed by atoms with E-state index in [-0.39, 0.29) is 5.56 Å². The molecule has 1 aromatic carbocycles. The Morgan fingerprint density at radius 1 is 1.08 bits per heavy atom. The molecule has 6 nitrogen and oxygen atoms in total. The highest BCUT2D eigenvalue weighted by molar-refractivity contribution is 7.20. The summed E-state index contributed by atoms with van der Waals surface area (Å²) in [5, 5.41) is 8.26. The number of anilines is 3. The van der Waals surface area contributed by atoms with Gasteiger partial charge in [-0.25, -0.2) is 4.98 Å². The standard InChI is InChI=1S/C17H19N5OS/c23-15-8-9-18-17-22(15)20-16(24-17)19-13-6-5-7-14(12-13)21-10-3-1-2-4-11-21/h5-9,12H,1-4,10-11H2,(H,19,20). The Balaban J connectivity index is 1.58. The van der Waals surface area contributed by atoms with Gasteiger partial charge >= 0.3 is 0 Å². The van der Waals surface area contributed by atoms with E-state index in [2.05, 4.69) is 38.5 Å². The lowest BCUT2D eigenvalue weighted by Gasteiger charge is -2.23. The average Bonchev–Trinajstić information content (AvgIpc) is 2.82. The van der Waals surface area contributed by atoms with E-state index in [4.69, 9.17) is 0 Å². The molecule has 1 saturated heterocycles. The van der Waals surface area contributed by atoms with Crippen LogP contribution >= 0.6 is 11.3 Å². The fourth-order valence-corrected chi connectivity index (χ4v) is 3.82. The molecule has 0 atom stereocenters. The summed E-state index contributed by atoms with van der Waals surface area (Å²) in [6, 6.07) is 9.79. The average molecular weight is 341 g/mol. The van der Waals surface area contributed by atoms with Crippen LogP contribution in [0.1, 0.15) is 25.7 Å². The first-order chi connectivity index (χ1) is 11.8. The maximum atomic E-state index is 11.8. The summed E-state index contributed by atoms with van der Waals surface area (Å²) in [5.41, 5.74) is 2.05. The van der Waals surface area contributed by atoms with Crippen LogP contribution in [0.5, 0.6) is 0 Å². The molecule has 1 aliphatic rings. The molecule has 0 unspecified atom stereocenters. The topological polar surface area (TPSA) is 62.5 Å². The third-order valence-electron chi connectivity index (χ3n) is 4.24. The molecule has 7 heteroatoms. The van der Waals surface area contributed by atoms with Crippen LogP contribution in [0.25, 0.3) is 4.96 Å². The van der Waals surface area contributed by atoms with Crippen LogP contribution in [0.15, 0.2) is 41.3 Å². The van der Waals surface area contributed by atoms with Gasteiger partial charge in [0, 0.05) is 36.7 Å². The largest absolute Gasteiger partial charge is 0.371 e. The second kappa shape index (κ2) is 6.60. The Hall–Kier alpha value is -2.41. The summed E-state index contributed by atoms with van der Waals surface area (Å²) < 4.78 is 1.33. The number of fused-ring (bicyclic) bond motifs is 1. The molecular weight excluding hydrogens is 322 g/mol. The van der Waals surface area contributed by atoms with Crippen molar-refractivity contribution in [3.63, 3.8) is 0 Å². The fraction of sp³-hybridized carbons (Fsp3) is 0.353. The van der Waals surface area contributed by atoms with Gasteiger partial charge < -0.3 is 10.2 Å². The number of hydrogen-bond donors (Lipinski definition) is 1. The summed E-state index contributed by atoms with van der Waals surface area (Å²) in [7, 11) is 0. The van der Waals surface area contributed by atoms with Crippen molar-refractivity contribution in [3.05, 3.63) is 46.9 Å². The van der Waals surface area contributed by atoms with Gasteiger partial charge in [-0.2, -0.15) is 4.52 Å². The molecule has 0 radical (unpaired) electrons. The minimum atomic E-state index is -0.164. The predicted molar refractivity (Wildman–Crippen MR) is 97.5 cm³/mol. The molecule has 1 N–H and O–H groups in total. The molecule has 1 aliphatic heterocycles. The van der Waals surface area contributed by atoms with Crippen molar-refractivity contribution in [1.29, 1.82) is 0 Å². The van der Waals surface area contributed by atoms with Crippen LogP contribution in [0.3, 0.4) is 0 Å². The SMILES string of the molecule is O=c1ccnc2sc(Nc3cccc(N4CCCCCC4)c3)nn12. The molecule has 1 fully saturated rings. The Kier molecular flexibility index (Phi) is 4.17. The van der Waals surface area contributed by atoms with Crippen LogP contribution in [0.4, 0.5) is 16.5 Å². The molecule has 0 bridgehead atoms. The highest BCUT2D eigenvalue weighted by Crippen LogP contribution is 2.26. The van der Waals surface area contributed by atoms with Crippen molar-refractivity contribution in [2.45, 2.75) is 25.7 Å². The van der Waals surface area contributed by atoms with Crippen molar-refractivity contribution in [2.24, 2.45) is 0 Å². The van der Waals surface area contributed by atoms with Crippen molar-refractivity contribution in [3.8, 4) is 0 Å². The van der Waals surface area contributed by atoms with Gasteiger partial charge in [0.1, 0.15) is 0 Å². The van der Waals surface area contributed by atoms with Gasteiger partial charge in [-0.05, 0) is 31.0 Å². The van der Waals surface area contributed by atoms with Crippen LogP contribution in [0, 0.1) is 0 Å². The molecule has 3 aromatic rings. The Morgan fingerprint density at radius 3 is 2.71 bits per heavy atom. The molecule has 124 valence electrons.